The van der Waals surface area contributed by atoms with Gasteiger partial charge in [0.05, 0.1) is 4.90 Å². The molecule has 1 saturated heterocycles. The molecule has 7 heteroatoms. The molecule has 0 atom stereocenters. The minimum absolute atomic E-state index is 0.0564. The molecule has 0 radical (unpaired) electrons. The fourth-order valence-electron chi connectivity index (χ4n) is 3.08. The highest BCUT2D eigenvalue weighted by atomic mass is 35.5. The first-order valence-electron chi connectivity index (χ1n) is 8.49. The Morgan fingerprint density at radius 2 is 1.77 bits per heavy atom. The van der Waals surface area contributed by atoms with Crippen LogP contribution in [0.3, 0.4) is 0 Å². The zero-order valence-corrected chi connectivity index (χ0v) is 16.1. The highest BCUT2D eigenvalue weighted by molar-refractivity contribution is 7.89. The van der Waals surface area contributed by atoms with Crippen LogP contribution in [-0.2, 0) is 14.8 Å². The quantitative estimate of drug-likeness (QED) is 0.862. The van der Waals surface area contributed by atoms with E-state index in [0.717, 1.165) is 11.3 Å². The number of nitrogens with zero attached hydrogens (tertiary/aromatic N) is 1. The summed E-state index contributed by atoms with van der Waals surface area (Å²) in [6.07, 6.45) is 1.01. The van der Waals surface area contributed by atoms with Crippen molar-refractivity contribution in [3.05, 3.63) is 59.1 Å². The first kappa shape index (κ1) is 18.9. The molecule has 1 amide bonds. The molecule has 0 bridgehead atoms. The van der Waals surface area contributed by atoms with Crippen LogP contribution in [0.2, 0.25) is 5.02 Å². The highest BCUT2D eigenvalue weighted by Crippen LogP contribution is 2.25. The van der Waals surface area contributed by atoms with Gasteiger partial charge in [0.25, 0.3) is 0 Å². The molecule has 2 aromatic carbocycles. The Hall–Kier alpha value is -1.89. The Morgan fingerprint density at radius 3 is 2.38 bits per heavy atom. The van der Waals surface area contributed by atoms with Crippen molar-refractivity contribution >= 4 is 33.2 Å². The van der Waals surface area contributed by atoms with Crippen LogP contribution in [0, 0.1) is 12.8 Å². The Kier molecular flexibility index (Phi) is 5.65. The molecule has 0 saturated carbocycles. The molecule has 138 valence electrons. The molecule has 0 unspecified atom stereocenters. The predicted molar refractivity (Wildman–Crippen MR) is 103 cm³/mol. The van der Waals surface area contributed by atoms with Crippen molar-refractivity contribution in [2.75, 3.05) is 18.4 Å². The average Bonchev–Trinajstić information content (AvgIpc) is 2.62. The van der Waals surface area contributed by atoms with Crippen LogP contribution in [0.25, 0.3) is 0 Å². The van der Waals surface area contributed by atoms with E-state index >= 15 is 0 Å². The zero-order chi connectivity index (χ0) is 18.7. The first-order valence-corrected chi connectivity index (χ1v) is 10.3. The topological polar surface area (TPSA) is 66.5 Å². The van der Waals surface area contributed by atoms with Crippen LogP contribution in [0.15, 0.2) is 53.4 Å². The van der Waals surface area contributed by atoms with E-state index in [1.54, 1.807) is 12.1 Å². The molecule has 0 spiro atoms. The molecule has 1 aliphatic heterocycles. The van der Waals surface area contributed by atoms with Crippen LogP contribution < -0.4 is 5.32 Å². The summed E-state index contributed by atoms with van der Waals surface area (Å²) in [5, 5.41) is 3.42. The molecule has 2 aromatic rings. The van der Waals surface area contributed by atoms with Gasteiger partial charge in [-0.2, -0.15) is 4.31 Å². The van der Waals surface area contributed by atoms with E-state index in [1.165, 1.54) is 16.4 Å². The van der Waals surface area contributed by atoms with E-state index in [1.807, 2.05) is 31.2 Å². The summed E-state index contributed by atoms with van der Waals surface area (Å²) in [5.41, 5.74) is 1.85. The van der Waals surface area contributed by atoms with Crippen LogP contribution >= 0.6 is 11.6 Å². The number of aryl methyl sites for hydroxylation is 1. The van der Waals surface area contributed by atoms with Gasteiger partial charge < -0.3 is 5.32 Å². The van der Waals surface area contributed by atoms with Crippen molar-refractivity contribution in [2.45, 2.75) is 24.7 Å². The lowest BCUT2D eigenvalue weighted by Crippen LogP contribution is -2.41. The second kappa shape index (κ2) is 7.78. The lowest BCUT2D eigenvalue weighted by molar-refractivity contribution is -0.120. The van der Waals surface area contributed by atoms with E-state index in [-0.39, 0.29) is 16.7 Å². The van der Waals surface area contributed by atoms with Gasteiger partial charge in [0.2, 0.25) is 15.9 Å². The van der Waals surface area contributed by atoms with Crippen molar-refractivity contribution in [1.82, 2.24) is 4.31 Å². The van der Waals surface area contributed by atoms with Crippen molar-refractivity contribution in [3.8, 4) is 0 Å². The SMILES string of the molecule is Cc1cccc(NC(=O)C2CCN(S(=O)(=O)c3ccc(Cl)cc3)CC2)c1. The number of benzene rings is 2. The van der Waals surface area contributed by atoms with Crippen molar-refractivity contribution < 1.29 is 13.2 Å². The number of hydrogen-bond donors (Lipinski definition) is 1. The van der Waals surface area contributed by atoms with E-state index in [9.17, 15) is 13.2 Å². The van der Waals surface area contributed by atoms with Gasteiger partial charge in [-0.05, 0) is 61.7 Å². The number of halogens is 1. The number of rotatable bonds is 4. The van der Waals surface area contributed by atoms with Crippen molar-refractivity contribution in [3.63, 3.8) is 0 Å². The molecule has 0 aromatic heterocycles. The maximum Gasteiger partial charge on any atom is 0.243 e. The average molecular weight is 393 g/mol. The third-order valence-electron chi connectivity index (χ3n) is 4.56. The molecule has 1 fully saturated rings. The van der Waals surface area contributed by atoms with Crippen LogP contribution in [0.5, 0.6) is 0 Å². The fraction of sp³-hybridized carbons (Fsp3) is 0.316. The van der Waals surface area contributed by atoms with Crippen LogP contribution in [0.1, 0.15) is 18.4 Å². The number of nitrogens with one attached hydrogen (secondary N) is 1. The fourth-order valence-corrected chi connectivity index (χ4v) is 4.68. The number of sulfonamides is 1. The van der Waals surface area contributed by atoms with E-state index in [0.29, 0.717) is 31.0 Å². The molecule has 0 aliphatic carbocycles. The Morgan fingerprint density at radius 1 is 1.12 bits per heavy atom. The highest BCUT2D eigenvalue weighted by Gasteiger charge is 2.32. The van der Waals surface area contributed by atoms with Gasteiger partial charge in [0.15, 0.2) is 0 Å². The minimum Gasteiger partial charge on any atom is -0.326 e. The number of piperidine rings is 1. The molecule has 26 heavy (non-hydrogen) atoms. The minimum atomic E-state index is -3.55. The largest absolute Gasteiger partial charge is 0.326 e. The lowest BCUT2D eigenvalue weighted by Gasteiger charge is -2.30. The summed E-state index contributed by atoms with van der Waals surface area (Å²) in [6.45, 7) is 2.63. The summed E-state index contributed by atoms with van der Waals surface area (Å²) in [5.74, 6) is -0.244. The van der Waals surface area contributed by atoms with Gasteiger partial charge in [-0.25, -0.2) is 8.42 Å². The number of amides is 1. The third-order valence-corrected chi connectivity index (χ3v) is 6.73. The van der Waals surface area contributed by atoms with Gasteiger partial charge in [0, 0.05) is 29.7 Å². The van der Waals surface area contributed by atoms with Gasteiger partial charge in [-0.1, -0.05) is 23.7 Å². The summed E-state index contributed by atoms with van der Waals surface area (Å²) in [7, 11) is -3.55. The third kappa shape index (κ3) is 4.26. The summed E-state index contributed by atoms with van der Waals surface area (Å²) < 4.78 is 26.8. The van der Waals surface area contributed by atoms with E-state index in [2.05, 4.69) is 5.32 Å². The molecule has 1 aliphatic rings. The molecule has 1 N–H and O–H groups in total. The smallest absolute Gasteiger partial charge is 0.243 e. The van der Waals surface area contributed by atoms with Gasteiger partial charge >= 0.3 is 0 Å². The standard InChI is InChI=1S/C19H21ClN2O3S/c1-14-3-2-4-17(13-14)21-19(23)15-9-11-22(12-10-15)26(24,25)18-7-5-16(20)6-8-18/h2-8,13,15H,9-12H2,1H3,(H,21,23). The van der Waals surface area contributed by atoms with Crippen LogP contribution in [-0.4, -0.2) is 31.7 Å². The molecule has 3 rings (SSSR count). The molecular weight excluding hydrogens is 372 g/mol. The molecule has 5 nitrogen and oxygen atoms in total. The summed E-state index contributed by atoms with van der Waals surface area (Å²) >= 11 is 5.82. The second-order valence-electron chi connectivity index (χ2n) is 6.49. The predicted octanol–water partition coefficient (Wildman–Crippen LogP) is 3.69. The van der Waals surface area contributed by atoms with Gasteiger partial charge in [0.1, 0.15) is 0 Å². The number of hydrogen-bond acceptors (Lipinski definition) is 3. The monoisotopic (exact) mass is 392 g/mol. The Labute approximate surface area is 159 Å². The maximum atomic E-state index is 12.7. The lowest BCUT2D eigenvalue weighted by atomic mass is 9.97. The number of anilines is 1. The van der Waals surface area contributed by atoms with Crippen molar-refractivity contribution in [2.24, 2.45) is 5.92 Å². The second-order valence-corrected chi connectivity index (χ2v) is 8.87. The number of carbonyl (C=O) groups excluding carboxylic acids is 1. The molecule has 1 heterocycles. The maximum absolute atomic E-state index is 12.7. The first-order chi connectivity index (χ1) is 12.4. The molecular formula is C19H21ClN2O3S. The summed E-state index contributed by atoms with van der Waals surface area (Å²) in [6, 6.07) is 13.8. The Bertz CT molecular complexity index is 889. The van der Waals surface area contributed by atoms with E-state index < -0.39 is 10.0 Å². The number of carbonyl (C=O) groups is 1. The van der Waals surface area contributed by atoms with Gasteiger partial charge in [-0.15, -0.1) is 0 Å². The Balaban J connectivity index is 1.61. The van der Waals surface area contributed by atoms with Crippen molar-refractivity contribution in [1.29, 1.82) is 0 Å². The summed E-state index contributed by atoms with van der Waals surface area (Å²) in [4.78, 5) is 12.7. The zero-order valence-electron chi connectivity index (χ0n) is 14.5. The van der Waals surface area contributed by atoms with Gasteiger partial charge in [-0.3, -0.25) is 4.79 Å². The van der Waals surface area contributed by atoms with E-state index in [4.69, 9.17) is 11.6 Å². The normalized spacial score (nSPS) is 16.4. The van der Waals surface area contributed by atoms with Crippen LogP contribution in [0.4, 0.5) is 5.69 Å².